The number of nitrogens with zero attached hydrogens (tertiary/aromatic N) is 3. The van der Waals surface area contributed by atoms with Gasteiger partial charge >= 0.3 is 0 Å². The molecule has 0 atom stereocenters. The lowest BCUT2D eigenvalue weighted by Gasteiger charge is -2.08. The minimum absolute atomic E-state index is 0.000603. The van der Waals surface area contributed by atoms with E-state index in [-0.39, 0.29) is 17.1 Å². The molecule has 7 heteroatoms. The molecule has 0 saturated carbocycles. The molecule has 2 heterocycles. The van der Waals surface area contributed by atoms with E-state index in [0.717, 1.165) is 18.2 Å². The molecule has 5 nitrogen and oxygen atoms in total. The SMILES string of the molecule is Nc1nc2ccc(/C(=N/O)c3ccccc3)cn2c1-c1cc(F)ccc1F. The molecule has 0 bridgehead atoms. The van der Waals surface area contributed by atoms with Gasteiger partial charge in [-0.25, -0.2) is 13.8 Å². The highest BCUT2D eigenvalue weighted by atomic mass is 19.1. The third-order valence-corrected chi connectivity index (χ3v) is 4.25. The molecule has 0 aliphatic heterocycles. The molecule has 2 aromatic heterocycles. The number of imidazole rings is 1. The highest BCUT2D eigenvalue weighted by Crippen LogP contribution is 2.30. The topological polar surface area (TPSA) is 75.9 Å². The average Bonchev–Trinajstić information content (AvgIpc) is 3.00. The molecule has 134 valence electrons. The Morgan fingerprint density at radius 2 is 1.78 bits per heavy atom. The highest BCUT2D eigenvalue weighted by molar-refractivity contribution is 6.12. The summed E-state index contributed by atoms with van der Waals surface area (Å²) in [5.74, 6) is -1.13. The molecule has 27 heavy (non-hydrogen) atoms. The first-order valence-electron chi connectivity index (χ1n) is 8.09. The third-order valence-electron chi connectivity index (χ3n) is 4.25. The van der Waals surface area contributed by atoms with Crippen LogP contribution < -0.4 is 5.73 Å². The molecular formula is C20H14F2N4O. The zero-order valence-corrected chi connectivity index (χ0v) is 14.0. The summed E-state index contributed by atoms with van der Waals surface area (Å²) in [5, 5.41) is 12.9. The normalized spacial score (nSPS) is 11.9. The second kappa shape index (κ2) is 6.53. The van der Waals surface area contributed by atoms with Gasteiger partial charge in [0.25, 0.3) is 0 Å². The molecule has 0 unspecified atom stereocenters. The second-order valence-electron chi connectivity index (χ2n) is 5.93. The molecule has 0 radical (unpaired) electrons. The molecule has 0 amide bonds. The number of pyridine rings is 1. The number of halogens is 2. The van der Waals surface area contributed by atoms with Crippen molar-refractivity contribution >= 4 is 17.2 Å². The Morgan fingerprint density at radius 3 is 2.52 bits per heavy atom. The summed E-state index contributed by atoms with van der Waals surface area (Å²) >= 11 is 0. The van der Waals surface area contributed by atoms with Crippen LogP contribution in [0.1, 0.15) is 11.1 Å². The standard InChI is InChI=1S/C20H14F2N4O/c21-14-7-8-16(22)15(10-14)19-20(23)24-17-9-6-13(11-26(17)19)18(25-27)12-4-2-1-3-5-12/h1-11,27H,23H2/b25-18+. The van der Waals surface area contributed by atoms with Crippen LogP contribution in [0.5, 0.6) is 0 Å². The lowest BCUT2D eigenvalue weighted by molar-refractivity contribution is 0.319. The summed E-state index contributed by atoms with van der Waals surface area (Å²) in [4.78, 5) is 4.21. The number of benzene rings is 2. The lowest BCUT2D eigenvalue weighted by Crippen LogP contribution is -2.05. The number of anilines is 1. The van der Waals surface area contributed by atoms with E-state index in [4.69, 9.17) is 5.73 Å². The van der Waals surface area contributed by atoms with E-state index in [2.05, 4.69) is 10.1 Å². The van der Waals surface area contributed by atoms with E-state index in [0.29, 0.717) is 22.5 Å². The Kier molecular flexibility index (Phi) is 4.04. The van der Waals surface area contributed by atoms with E-state index in [1.54, 1.807) is 34.9 Å². The summed E-state index contributed by atoms with van der Waals surface area (Å²) in [6, 6.07) is 15.6. The summed E-state index contributed by atoms with van der Waals surface area (Å²) in [7, 11) is 0. The maximum absolute atomic E-state index is 14.3. The van der Waals surface area contributed by atoms with Gasteiger partial charge in [-0.2, -0.15) is 0 Å². The highest BCUT2D eigenvalue weighted by Gasteiger charge is 2.18. The van der Waals surface area contributed by atoms with Gasteiger partial charge in [-0.15, -0.1) is 0 Å². The second-order valence-corrected chi connectivity index (χ2v) is 5.93. The monoisotopic (exact) mass is 364 g/mol. The fraction of sp³-hybridized carbons (Fsp3) is 0. The Balaban J connectivity index is 1.94. The van der Waals surface area contributed by atoms with Crippen LogP contribution >= 0.6 is 0 Å². The van der Waals surface area contributed by atoms with E-state index in [1.165, 1.54) is 0 Å². The fourth-order valence-electron chi connectivity index (χ4n) is 3.03. The molecule has 0 aliphatic rings. The fourth-order valence-corrected chi connectivity index (χ4v) is 3.03. The number of fused-ring (bicyclic) bond motifs is 1. The van der Waals surface area contributed by atoms with Crippen LogP contribution in [-0.4, -0.2) is 20.3 Å². The summed E-state index contributed by atoms with van der Waals surface area (Å²) in [6.07, 6.45) is 1.63. The van der Waals surface area contributed by atoms with Gasteiger partial charge < -0.3 is 10.9 Å². The van der Waals surface area contributed by atoms with Crippen molar-refractivity contribution in [3.05, 3.63) is 89.6 Å². The zero-order valence-electron chi connectivity index (χ0n) is 14.0. The Labute approximate surface area is 153 Å². The molecule has 4 aromatic rings. The zero-order chi connectivity index (χ0) is 19.0. The van der Waals surface area contributed by atoms with E-state index in [1.807, 2.05) is 18.2 Å². The van der Waals surface area contributed by atoms with Crippen LogP contribution in [0.25, 0.3) is 16.9 Å². The number of aromatic nitrogens is 2. The van der Waals surface area contributed by atoms with Crippen molar-refractivity contribution in [3.8, 4) is 11.3 Å². The third kappa shape index (κ3) is 2.89. The van der Waals surface area contributed by atoms with Gasteiger partial charge in [0.15, 0.2) is 5.82 Å². The Hall–Kier alpha value is -3.74. The van der Waals surface area contributed by atoms with E-state index < -0.39 is 11.6 Å². The molecule has 3 N–H and O–H groups in total. The van der Waals surface area contributed by atoms with Crippen molar-refractivity contribution in [2.45, 2.75) is 0 Å². The Morgan fingerprint density at radius 1 is 1.00 bits per heavy atom. The number of hydrogen-bond donors (Lipinski definition) is 2. The van der Waals surface area contributed by atoms with Crippen molar-refractivity contribution in [1.29, 1.82) is 0 Å². The summed E-state index contributed by atoms with van der Waals surface area (Å²) < 4.78 is 29.5. The van der Waals surface area contributed by atoms with Gasteiger partial charge in [0.1, 0.15) is 23.0 Å². The number of rotatable bonds is 3. The van der Waals surface area contributed by atoms with Gasteiger partial charge in [0.2, 0.25) is 0 Å². The summed E-state index contributed by atoms with van der Waals surface area (Å²) in [5.41, 5.74) is 8.25. The van der Waals surface area contributed by atoms with Gasteiger partial charge in [-0.05, 0) is 30.3 Å². The predicted molar refractivity (Wildman–Crippen MR) is 98.8 cm³/mol. The van der Waals surface area contributed by atoms with Crippen molar-refractivity contribution in [1.82, 2.24) is 9.38 Å². The van der Waals surface area contributed by atoms with Gasteiger partial charge in [0, 0.05) is 22.9 Å². The van der Waals surface area contributed by atoms with Crippen molar-refractivity contribution in [3.63, 3.8) is 0 Å². The average molecular weight is 364 g/mol. The maximum atomic E-state index is 14.3. The van der Waals surface area contributed by atoms with Crippen LogP contribution in [0.15, 0.2) is 72.0 Å². The first kappa shape index (κ1) is 16.7. The van der Waals surface area contributed by atoms with Crippen LogP contribution in [-0.2, 0) is 0 Å². The number of nitrogens with two attached hydrogens (primary N) is 1. The van der Waals surface area contributed by atoms with Crippen molar-refractivity contribution in [2.24, 2.45) is 5.16 Å². The van der Waals surface area contributed by atoms with Crippen LogP contribution in [0, 0.1) is 11.6 Å². The quantitative estimate of drug-likeness (QED) is 0.327. The Bertz CT molecular complexity index is 1170. The van der Waals surface area contributed by atoms with Crippen LogP contribution in [0.2, 0.25) is 0 Å². The van der Waals surface area contributed by atoms with Gasteiger partial charge in [-0.1, -0.05) is 35.5 Å². The maximum Gasteiger partial charge on any atom is 0.150 e. The van der Waals surface area contributed by atoms with Crippen molar-refractivity contribution < 1.29 is 14.0 Å². The molecule has 0 aliphatic carbocycles. The van der Waals surface area contributed by atoms with Crippen LogP contribution in [0.3, 0.4) is 0 Å². The smallest absolute Gasteiger partial charge is 0.150 e. The molecule has 0 fully saturated rings. The first-order valence-corrected chi connectivity index (χ1v) is 8.09. The van der Waals surface area contributed by atoms with Crippen LogP contribution in [0.4, 0.5) is 14.6 Å². The molecule has 0 saturated heterocycles. The molecule has 0 spiro atoms. The van der Waals surface area contributed by atoms with Gasteiger partial charge in [-0.3, -0.25) is 4.40 Å². The predicted octanol–water partition coefficient (Wildman–Crippen LogP) is 4.09. The van der Waals surface area contributed by atoms with Gasteiger partial charge in [0.05, 0.1) is 5.69 Å². The largest absolute Gasteiger partial charge is 0.410 e. The number of oxime groups is 1. The van der Waals surface area contributed by atoms with Crippen molar-refractivity contribution in [2.75, 3.05) is 5.73 Å². The van der Waals surface area contributed by atoms with E-state index >= 15 is 0 Å². The minimum atomic E-state index is -0.616. The lowest BCUT2D eigenvalue weighted by atomic mass is 10.0. The van der Waals surface area contributed by atoms with E-state index in [9.17, 15) is 14.0 Å². The molecule has 2 aromatic carbocycles. The number of hydrogen-bond acceptors (Lipinski definition) is 4. The summed E-state index contributed by atoms with van der Waals surface area (Å²) in [6.45, 7) is 0. The molecular weight excluding hydrogens is 350 g/mol. The first-order chi connectivity index (χ1) is 13.1. The molecule has 4 rings (SSSR count). The minimum Gasteiger partial charge on any atom is -0.410 e. The number of nitrogen functional groups attached to an aromatic ring is 1.